The zero-order valence-corrected chi connectivity index (χ0v) is 22.7. The molecule has 0 radical (unpaired) electrons. The summed E-state index contributed by atoms with van der Waals surface area (Å²) in [6.07, 6.45) is 0. The lowest BCUT2D eigenvalue weighted by molar-refractivity contribution is -0.385. The van der Waals surface area contributed by atoms with Crippen LogP contribution in [0.15, 0.2) is 75.4 Å². The Bertz CT molecular complexity index is 1440. The molecular weight excluding hydrogens is 559 g/mol. The third-order valence-corrected chi connectivity index (χ3v) is 9.58. The number of piperazine rings is 1. The number of nitrogens with zero attached hydrogens (tertiary/aromatic N) is 3. The molecule has 0 saturated carbocycles. The van der Waals surface area contributed by atoms with E-state index in [-0.39, 0.29) is 47.7 Å². The van der Waals surface area contributed by atoms with Crippen LogP contribution in [0.4, 0.5) is 16.2 Å². The van der Waals surface area contributed by atoms with Crippen molar-refractivity contribution in [3.8, 4) is 0 Å². The molecule has 4 rings (SSSR count). The second-order valence-corrected chi connectivity index (χ2v) is 12.1. The largest absolute Gasteiger partial charge is 0.322 e. The van der Waals surface area contributed by atoms with Crippen molar-refractivity contribution in [2.75, 3.05) is 31.5 Å². The first-order chi connectivity index (χ1) is 17.5. The van der Waals surface area contributed by atoms with Gasteiger partial charge in [-0.1, -0.05) is 52.7 Å². The number of nitro groups is 1. The van der Waals surface area contributed by atoms with Crippen LogP contribution in [0.3, 0.4) is 0 Å². The highest BCUT2D eigenvalue weighted by molar-refractivity contribution is 8.00. The lowest BCUT2D eigenvalue weighted by Gasteiger charge is -2.34. The van der Waals surface area contributed by atoms with Crippen molar-refractivity contribution in [1.82, 2.24) is 9.21 Å². The topological polar surface area (TPSA) is 113 Å². The zero-order chi connectivity index (χ0) is 26.7. The first kappa shape index (κ1) is 27.2. The monoisotopic (exact) mass is 580 g/mol. The van der Waals surface area contributed by atoms with Gasteiger partial charge in [-0.25, -0.2) is 13.2 Å². The molecule has 0 bridgehead atoms. The number of aryl methyl sites for hydroxylation is 1. The van der Waals surface area contributed by atoms with Gasteiger partial charge < -0.3 is 10.2 Å². The van der Waals surface area contributed by atoms with Gasteiger partial charge in [0.05, 0.1) is 9.95 Å². The molecule has 0 unspecified atom stereocenters. The van der Waals surface area contributed by atoms with Crippen LogP contribution in [0.1, 0.15) is 5.56 Å². The Morgan fingerprint density at radius 2 is 1.65 bits per heavy atom. The van der Waals surface area contributed by atoms with Crippen LogP contribution in [0, 0.1) is 17.0 Å². The van der Waals surface area contributed by atoms with Crippen molar-refractivity contribution < 1.29 is 18.1 Å². The molecule has 1 fully saturated rings. The third-order valence-electron chi connectivity index (χ3n) is 5.70. The summed E-state index contributed by atoms with van der Waals surface area (Å²) in [4.78, 5) is 25.5. The van der Waals surface area contributed by atoms with Gasteiger partial charge in [0, 0.05) is 58.8 Å². The molecule has 3 aromatic carbocycles. The van der Waals surface area contributed by atoms with Gasteiger partial charge in [0.1, 0.15) is 4.90 Å². The predicted octanol–water partition coefficient (Wildman–Crippen LogP) is 5.90. The van der Waals surface area contributed by atoms with Crippen LogP contribution in [-0.4, -0.2) is 54.8 Å². The molecule has 37 heavy (non-hydrogen) atoms. The van der Waals surface area contributed by atoms with Crippen LogP contribution < -0.4 is 5.32 Å². The van der Waals surface area contributed by atoms with E-state index in [0.717, 1.165) is 23.4 Å². The van der Waals surface area contributed by atoms with Crippen LogP contribution in [-0.2, 0) is 10.0 Å². The maximum atomic E-state index is 13.6. The van der Waals surface area contributed by atoms with Crippen LogP contribution in [0.5, 0.6) is 0 Å². The summed E-state index contributed by atoms with van der Waals surface area (Å²) in [6.45, 7) is 2.34. The van der Waals surface area contributed by atoms with E-state index in [9.17, 15) is 23.3 Å². The van der Waals surface area contributed by atoms with Gasteiger partial charge >= 0.3 is 6.03 Å². The van der Waals surface area contributed by atoms with Gasteiger partial charge in [0.15, 0.2) is 0 Å². The fourth-order valence-electron chi connectivity index (χ4n) is 3.68. The highest BCUT2D eigenvalue weighted by Gasteiger charge is 2.33. The highest BCUT2D eigenvalue weighted by Crippen LogP contribution is 2.40. The second-order valence-electron chi connectivity index (χ2n) is 8.25. The van der Waals surface area contributed by atoms with E-state index in [1.807, 2.05) is 19.1 Å². The van der Waals surface area contributed by atoms with Crippen molar-refractivity contribution in [3.63, 3.8) is 0 Å². The molecule has 13 heteroatoms. The molecule has 1 heterocycles. The number of nitro benzene ring substituents is 1. The van der Waals surface area contributed by atoms with E-state index in [2.05, 4.69) is 5.32 Å². The summed E-state index contributed by atoms with van der Waals surface area (Å²) in [5, 5.41) is 15.0. The molecule has 0 aliphatic carbocycles. The fourth-order valence-corrected chi connectivity index (χ4v) is 6.99. The number of carbonyl (C=O) groups is 1. The van der Waals surface area contributed by atoms with Gasteiger partial charge in [-0.05, 0) is 43.3 Å². The summed E-state index contributed by atoms with van der Waals surface area (Å²) < 4.78 is 28.5. The Morgan fingerprint density at radius 3 is 2.30 bits per heavy atom. The minimum atomic E-state index is -4.13. The van der Waals surface area contributed by atoms with Gasteiger partial charge in [-0.15, -0.1) is 0 Å². The smallest absolute Gasteiger partial charge is 0.321 e. The first-order valence-electron chi connectivity index (χ1n) is 11.1. The Morgan fingerprint density at radius 1 is 0.973 bits per heavy atom. The van der Waals surface area contributed by atoms with Crippen molar-refractivity contribution >= 4 is 62.4 Å². The maximum absolute atomic E-state index is 13.6. The zero-order valence-electron chi connectivity index (χ0n) is 19.6. The first-order valence-corrected chi connectivity index (χ1v) is 14.1. The molecule has 1 aliphatic heterocycles. The molecular formula is C24H22Cl2N4O5S2. The lowest BCUT2D eigenvalue weighted by Crippen LogP contribution is -2.51. The van der Waals surface area contributed by atoms with E-state index in [1.165, 1.54) is 21.3 Å². The summed E-state index contributed by atoms with van der Waals surface area (Å²) in [5.74, 6) is 0. The Labute approximate surface area is 228 Å². The number of nitrogens with one attached hydrogen (secondary N) is 1. The predicted molar refractivity (Wildman–Crippen MR) is 144 cm³/mol. The highest BCUT2D eigenvalue weighted by atomic mass is 35.5. The number of amides is 2. The number of non-ortho nitro benzene ring substituents is 1. The molecule has 0 atom stereocenters. The quantitative estimate of drug-likeness (QED) is 0.287. The van der Waals surface area contributed by atoms with Crippen molar-refractivity contribution in [2.45, 2.75) is 21.6 Å². The fraction of sp³-hybridized carbons (Fsp3) is 0.208. The SMILES string of the molecule is Cc1ccc(NC(=O)N2CCN(S(=O)(=O)c3cc([N+](=O)[O-])ccc3Sc3cc(Cl)ccc3Cl)CC2)cc1. The van der Waals surface area contributed by atoms with E-state index in [0.29, 0.717) is 20.6 Å². The Hall–Kier alpha value is -2.83. The summed E-state index contributed by atoms with van der Waals surface area (Å²) >= 11 is 13.4. The summed E-state index contributed by atoms with van der Waals surface area (Å²) in [7, 11) is -4.13. The third kappa shape index (κ3) is 6.36. The van der Waals surface area contributed by atoms with Crippen molar-refractivity contribution in [2.24, 2.45) is 0 Å². The average molecular weight is 582 g/mol. The molecule has 1 aliphatic rings. The van der Waals surface area contributed by atoms with Crippen LogP contribution in [0.2, 0.25) is 10.0 Å². The molecule has 0 aromatic heterocycles. The summed E-state index contributed by atoms with van der Waals surface area (Å²) in [6, 6.07) is 15.5. The standard InChI is InChI=1S/C24H22Cl2N4O5S2/c1-16-2-5-18(6-3-16)27-24(31)28-10-12-29(13-11-28)37(34,35)23-15-19(30(32)33)7-9-21(23)36-22-14-17(25)4-8-20(22)26/h2-9,14-15H,10-13H2,1H3,(H,27,31). The number of halogens is 2. The van der Waals surface area contributed by atoms with Crippen LogP contribution in [0.25, 0.3) is 0 Å². The second kappa shape index (κ2) is 11.3. The molecule has 2 amide bonds. The van der Waals surface area contributed by atoms with E-state index >= 15 is 0 Å². The number of urea groups is 1. The molecule has 194 valence electrons. The Kier molecular flexibility index (Phi) is 8.29. The number of anilines is 1. The molecule has 1 N–H and O–H groups in total. The maximum Gasteiger partial charge on any atom is 0.321 e. The van der Waals surface area contributed by atoms with Crippen LogP contribution >= 0.6 is 35.0 Å². The van der Waals surface area contributed by atoms with E-state index < -0.39 is 14.9 Å². The average Bonchev–Trinajstić information content (AvgIpc) is 2.87. The van der Waals surface area contributed by atoms with Crippen molar-refractivity contribution in [1.29, 1.82) is 0 Å². The van der Waals surface area contributed by atoms with E-state index in [4.69, 9.17) is 23.2 Å². The molecule has 1 saturated heterocycles. The number of benzene rings is 3. The number of rotatable bonds is 6. The molecule has 9 nitrogen and oxygen atoms in total. The number of hydrogen-bond donors (Lipinski definition) is 1. The van der Waals surface area contributed by atoms with E-state index in [1.54, 1.807) is 30.3 Å². The van der Waals surface area contributed by atoms with Gasteiger partial charge in [0.2, 0.25) is 10.0 Å². The Balaban J connectivity index is 1.54. The van der Waals surface area contributed by atoms with Gasteiger partial charge in [-0.3, -0.25) is 10.1 Å². The normalized spacial score (nSPS) is 14.4. The van der Waals surface area contributed by atoms with Gasteiger partial charge in [-0.2, -0.15) is 4.31 Å². The molecule has 3 aromatic rings. The number of sulfonamides is 1. The number of carbonyl (C=O) groups excluding carboxylic acids is 1. The number of hydrogen-bond acceptors (Lipinski definition) is 6. The molecule has 0 spiro atoms. The summed E-state index contributed by atoms with van der Waals surface area (Å²) in [5.41, 5.74) is 1.35. The van der Waals surface area contributed by atoms with Gasteiger partial charge in [0.25, 0.3) is 5.69 Å². The minimum absolute atomic E-state index is 0.0361. The minimum Gasteiger partial charge on any atom is -0.322 e. The van der Waals surface area contributed by atoms with Crippen molar-refractivity contribution in [3.05, 3.63) is 86.4 Å². The lowest BCUT2D eigenvalue weighted by atomic mass is 10.2.